The van der Waals surface area contributed by atoms with Gasteiger partial charge in [-0.25, -0.2) is 0 Å². The molecule has 2 heteroatoms. The molecule has 0 aliphatic carbocycles. The number of hydrogen-bond donors (Lipinski definition) is 0. The third-order valence-corrected chi connectivity index (χ3v) is 2.88. The maximum absolute atomic E-state index is 2.39. The highest BCUT2D eigenvalue weighted by molar-refractivity contribution is 5.53. The molecule has 2 rings (SSSR count). The van der Waals surface area contributed by atoms with Crippen LogP contribution in [0, 0.1) is 0 Å². The van der Waals surface area contributed by atoms with Crippen molar-refractivity contribution in [2.24, 2.45) is 0 Å². The molecule has 1 aromatic carbocycles. The van der Waals surface area contributed by atoms with E-state index in [0.717, 1.165) is 13.1 Å². The highest BCUT2D eigenvalue weighted by Gasteiger charge is 2.12. The molecule has 0 amide bonds. The Morgan fingerprint density at radius 3 is 2.71 bits per heavy atom. The maximum Gasteiger partial charge on any atom is 0.0409 e. The van der Waals surface area contributed by atoms with Crippen LogP contribution in [0.3, 0.4) is 0 Å². The topological polar surface area (TPSA) is 6.48 Å². The van der Waals surface area contributed by atoms with Gasteiger partial charge in [-0.05, 0) is 31.6 Å². The SMILES string of the molecule is CN1CCCN(C)c2ccccc2C1. The molecule has 1 heterocycles. The normalized spacial score (nSPS) is 18.6. The number of anilines is 1. The number of rotatable bonds is 0. The van der Waals surface area contributed by atoms with Crippen LogP contribution in [0.1, 0.15) is 12.0 Å². The molecule has 2 nitrogen and oxygen atoms in total. The summed E-state index contributed by atoms with van der Waals surface area (Å²) in [5.74, 6) is 0. The van der Waals surface area contributed by atoms with E-state index in [1.54, 1.807) is 0 Å². The fourth-order valence-electron chi connectivity index (χ4n) is 2.09. The van der Waals surface area contributed by atoms with Gasteiger partial charge in [0.25, 0.3) is 0 Å². The fourth-order valence-corrected chi connectivity index (χ4v) is 2.09. The Morgan fingerprint density at radius 2 is 1.86 bits per heavy atom. The summed E-state index contributed by atoms with van der Waals surface area (Å²) in [6.45, 7) is 3.42. The molecule has 0 fully saturated rings. The molecule has 0 unspecified atom stereocenters. The van der Waals surface area contributed by atoms with Gasteiger partial charge in [-0.15, -0.1) is 0 Å². The molecule has 14 heavy (non-hydrogen) atoms. The van der Waals surface area contributed by atoms with E-state index < -0.39 is 0 Å². The lowest BCUT2D eigenvalue weighted by molar-refractivity contribution is 0.319. The second-order valence-corrected chi connectivity index (χ2v) is 4.14. The minimum absolute atomic E-state index is 1.07. The minimum atomic E-state index is 1.07. The first-order valence-corrected chi connectivity index (χ1v) is 5.25. The Bertz CT molecular complexity index is 309. The first-order valence-electron chi connectivity index (χ1n) is 5.25. The van der Waals surface area contributed by atoms with Crippen molar-refractivity contribution in [2.75, 3.05) is 32.1 Å². The van der Waals surface area contributed by atoms with Crippen molar-refractivity contribution >= 4 is 5.69 Å². The molecule has 1 aliphatic rings. The summed E-state index contributed by atoms with van der Waals surface area (Å²) in [5.41, 5.74) is 2.83. The van der Waals surface area contributed by atoms with Crippen LogP contribution in [0.25, 0.3) is 0 Å². The van der Waals surface area contributed by atoms with E-state index in [1.807, 2.05) is 0 Å². The van der Waals surface area contributed by atoms with Crippen LogP contribution in [0.15, 0.2) is 24.3 Å². The molecular formula is C12H18N2. The number of para-hydroxylation sites is 1. The Kier molecular flexibility index (Phi) is 2.73. The first-order chi connectivity index (χ1) is 6.77. The Morgan fingerprint density at radius 1 is 1.07 bits per heavy atom. The van der Waals surface area contributed by atoms with Gasteiger partial charge in [0.05, 0.1) is 0 Å². The zero-order chi connectivity index (χ0) is 9.97. The average molecular weight is 190 g/mol. The summed E-state index contributed by atoms with van der Waals surface area (Å²) in [5, 5.41) is 0. The predicted octanol–water partition coefficient (Wildman–Crippen LogP) is 1.96. The molecule has 0 atom stereocenters. The van der Waals surface area contributed by atoms with Gasteiger partial charge in [0.1, 0.15) is 0 Å². The summed E-state index contributed by atoms with van der Waals surface area (Å²) in [6, 6.07) is 8.70. The fraction of sp³-hybridized carbons (Fsp3) is 0.500. The summed E-state index contributed by atoms with van der Waals surface area (Å²) < 4.78 is 0. The van der Waals surface area contributed by atoms with Crippen molar-refractivity contribution in [3.63, 3.8) is 0 Å². The van der Waals surface area contributed by atoms with E-state index in [0.29, 0.717) is 0 Å². The summed E-state index contributed by atoms with van der Waals surface area (Å²) in [7, 11) is 4.38. The van der Waals surface area contributed by atoms with Crippen LogP contribution < -0.4 is 4.90 Å². The Balaban J connectivity index is 2.32. The summed E-state index contributed by atoms with van der Waals surface area (Å²) in [6.07, 6.45) is 1.25. The van der Waals surface area contributed by atoms with Gasteiger partial charge >= 0.3 is 0 Å². The number of benzene rings is 1. The van der Waals surface area contributed by atoms with Crippen LogP contribution in [0.2, 0.25) is 0 Å². The van der Waals surface area contributed by atoms with Gasteiger partial charge in [-0.3, -0.25) is 0 Å². The van der Waals surface area contributed by atoms with Gasteiger partial charge in [0.15, 0.2) is 0 Å². The third-order valence-electron chi connectivity index (χ3n) is 2.88. The maximum atomic E-state index is 2.39. The highest BCUT2D eigenvalue weighted by Crippen LogP contribution is 2.22. The Hall–Kier alpha value is -1.02. The Labute approximate surface area is 86.1 Å². The van der Waals surface area contributed by atoms with Crippen LogP contribution in [0.4, 0.5) is 5.69 Å². The van der Waals surface area contributed by atoms with Crippen LogP contribution in [-0.4, -0.2) is 32.1 Å². The van der Waals surface area contributed by atoms with E-state index in [4.69, 9.17) is 0 Å². The van der Waals surface area contributed by atoms with Gasteiger partial charge in [0, 0.05) is 25.8 Å². The largest absolute Gasteiger partial charge is 0.374 e. The van der Waals surface area contributed by atoms with E-state index in [-0.39, 0.29) is 0 Å². The molecule has 0 saturated heterocycles. The average Bonchev–Trinajstić information content (AvgIpc) is 2.16. The molecule has 76 valence electrons. The second-order valence-electron chi connectivity index (χ2n) is 4.14. The molecule has 0 spiro atoms. The third kappa shape index (κ3) is 1.90. The molecule has 0 bridgehead atoms. The number of fused-ring (bicyclic) bond motifs is 1. The molecule has 0 aromatic heterocycles. The van der Waals surface area contributed by atoms with Gasteiger partial charge in [0.2, 0.25) is 0 Å². The molecule has 0 saturated carbocycles. The molecule has 1 aromatic rings. The zero-order valence-corrected chi connectivity index (χ0v) is 9.03. The van der Waals surface area contributed by atoms with Crippen LogP contribution >= 0.6 is 0 Å². The van der Waals surface area contributed by atoms with E-state index >= 15 is 0 Å². The summed E-state index contributed by atoms with van der Waals surface area (Å²) in [4.78, 5) is 4.76. The van der Waals surface area contributed by atoms with Crippen molar-refractivity contribution in [1.29, 1.82) is 0 Å². The number of nitrogens with zero attached hydrogens (tertiary/aromatic N) is 2. The highest BCUT2D eigenvalue weighted by atomic mass is 15.1. The standard InChI is InChI=1S/C12H18N2/c1-13-8-5-9-14(2)12-7-4-3-6-11(12)10-13/h3-4,6-7H,5,8-10H2,1-2H3. The summed E-state index contributed by atoms with van der Waals surface area (Å²) >= 11 is 0. The number of hydrogen-bond acceptors (Lipinski definition) is 2. The lowest BCUT2D eigenvalue weighted by Crippen LogP contribution is -2.29. The van der Waals surface area contributed by atoms with Crippen molar-refractivity contribution < 1.29 is 0 Å². The second kappa shape index (κ2) is 4.01. The van der Waals surface area contributed by atoms with Crippen molar-refractivity contribution in [1.82, 2.24) is 4.90 Å². The minimum Gasteiger partial charge on any atom is -0.374 e. The lowest BCUT2D eigenvalue weighted by Gasteiger charge is -2.29. The van der Waals surface area contributed by atoms with Crippen molar-refractivity contribution in [3.8, 4) is 0 Å². The van der Waals surface area contributed by atoms with E-state index in [9.17, 15) is 0 Å². The van der Waals surface area contributed by atoms with Crippen molar-refractivity contribution in [3.05, 3.63) is 29.8 Å². The quantitative estimate of drug-likeness (QED) is 0.617. The van der Waals surface area contributed by atoms with Crippen LogP contribution in [0.5, 0.6) is 0 Å². The monoisotopic (exact) mass is 190 g/mol. The molecule has 1 aliphatic heterocycles. The van der Waals surface area contributed by atoms with Gasteiger partial charge < -0.3 is 9.80 Å². The van der Waals surface area contributed by atoms with E-state index in [2.05, 4.69) is 48.2 Å². The lowest BCUT2D eigenvalue weighted by atomic mass is 10.1. The zero-order valence-electron chi connectivity index (χ0n) is 9.03. The smallest absolute Gasteiger partial charge is 0.0409 e. The van der Waals surface area contributed by atoms with Crippen molar-refractivity contribution in [2.45, 2.75) is 13.0 Å². The first kappa shape index (κ1) is 9.53. The molecule has 0 N–H and O–H groups in total. The molecular weight excluding hydrogens is 172 g/mol. The molecule has 0 radical (unpaired) electrons. The predicted molar refractivity (Wildman–Crippen MR) is 60.7 cm³/mol. The van der Waals surface area contributed by atoms with Crippen LogP contribution in [-0.2, 0) is 6.54 Å². The van der Waals surface area contributed by atoms with Gasteiger partial charge in [-0.2, -0.15) is 0 Å². The van der Waals surface area contributed by atoms with Gasteiger partial charge in [-0.1, -0.05) is 18.2 Å². The van der Waals surface area contributed by atoms with E-state index in [1.165, 1.54) is 24.2 Å².